The molecule has 1 spiro atoms. The number of ether oxygens (including phenoxy) is 1. The summed E-state index contributed by atoms with van der Waals surface area (Å²) in [6, 6.07) is 5.40. The molecule has 3 aliphatic rings. The van der Waals surface area contributed by atoms with E-state index in [1.807, 2.05) is 24.3 Å². The predicted molar refractivity (Wildman–Crippen MR) is 93.4 cm³/mol. The van der Waals surface area contributed by atoms with Crippen LogP contribution in [0.3, 0.4) is 0 Å². The summed E-state index contributed by atoms with van der Waals surface area (Å²) in [5.41, 5.74) is 0.179. The highest BCUT2D eigenvalue weighted by Crippen LogP contribution is 2.52. The molecule has 3 unspecified atom stereocenters. The Morgan fingerprint density at radius 1 is 1.41 bits per heavy atom. The highest BCUT2D eigenvalue weighted by Gasteiger charge is 2.67. The molecule has 2 bridgehead atoms. The monoisotopic (exact) mass is 366 g/mol. The van der Waals surface area contributed by atoms with Crippen LogP contribution < -0.4 is 10.2 Å². The van der Waals surface area contributed by atoms with E-state index in [-0.39, 0.29) is 17.9 Å². The fraction of sp³-hybridized carbons (Fsp3) is 0.368. The van der Waals surface area contributed by atoms with Crippen LogP contribution in [0.25, 0.3) is 0 Å². The van der Waals surface area contributed by atoms with Crippen LogP contribution in [0.2, 0.25) is 0 Å². The van der Waals surface area contributed by atoms with Gasteiger partial charge in [0.1, 0.15) is 11.4 Å². The zero-order valence-electron chi connectivity index (χ0n) is 14.7. The van der Waals surface area contributed by atoms with E-state index in [1.165, 1.54) is 0 Å². The van der Waals surface area contributed by atoms with E-state index >= 15 is 0 Å². The van der Waals surface area contributed by atoms with Crippen molar-refractivity contribution in [2.75, 3.05) is 11.4 Å². The summed E-state index contributed by atoms with van der Waals surface area (Å²) in [6.45, 7) is 2.49. The lowest BCUT2D eigenvalue weighted by Gasteiger charge is -2.23. The normalized spacial score (nSPS) is 30.8. The fourth-order valence-electron chi connectivity index (χ4n) is 4.28. The van der Waals surface area contributed by atoms with Gasteiger partial charge >= 0.3 is 0 Å². The summed E-state index contributed by atoms with van der Waals surface area (Å²) in [4.78, 5) is 31.5. The molecule has 2 aromatic rings. The summed E-state index contributed by atoms with van der Waals surface area (Å²) >= 11 is 0. The number of hydrogen-bond acceptors (Lipinski definition) is 6. The Labute approximate surface area is 155 Å². The van der Waals surface area contributed by atoms with Crippen molar-refractivity contribution in [2.24, 2.45) is 11.8 Å². The number of hydrogen-bond donors (Lipinski definition) is 1. The van der Waals surface area contributed by atoms with Gasteiger partial charge in [0.15, 0.2) is 5.82 Å². The average molecular weight is 366 g/mol. The number of nitrogens with zero attached hydrogens (tertiary/aromatic N) is 3. The number of amides is 2. The molecular formula is C19H18N4O4. The van der Waals surface area contributed by atoms with Crippen molar-refractivity contribution in [3.8, 4) is 0 Å². The fourth-order valence-corrected chi connectivity index (χ4v) is 4.28. The van der Waals surface area contributed by atoms with Gasteiger partial charge in [0.05, 0.1) is 24.5 Å². The maximum absolute atomic E-state index is 13.1. The van der Waals surface area contributed by atoms with E-state index < -0.39 is 17.4 Å². The van der Waals surface area contributed by atoms with Crippen LogP contribution in [0.15, 0.2) is 47.3 Å². The third-order valence-corrected chi connectivity index (χ3v) is 5.51. The second kappa shape index (κ2) is 5.75. The van der Waals surface area contributed by atoms with Crippen LogP contribution in [0, 0.1) is 18.8 Å². The molecule has 2 aromatic heterocycles. The van der Waals surface area contributed by atoms with Gasteiger partial charge in [0, 0.05) is 25.0 Å². The van der Waals surface area contributed by atoms with Gasteiger partial charge in [0.25, 0.3) is 0 Å². The minimum absolute atomic E-state index is 0.154. The summed E-state index contributed by atoms with van der Waals surface area (Å²) in [7, 11) is 0. The molecule has 1 N–H and O–H groups in total. The molecule has 5 heterocycles. The first-order valence-electron chi connectivity index (χ1n) is 8.86. The van der Waals surface area contributed by atoms with Crippen molar-refractivity contribution in [3.05, 3.63) is 54.1 Å². The van der Waals surface area contributed by atoms with E-state index in [0.717, 1.165) is 5.56 Å². The van der Waals surface area contributed by atoms with E-state index in [1.54, 1.807) is 30.3 Å². The number of aryl methyl sites for hydroxylation is 1. The third-order valence-electron chi connectivity index (χ3n) is 5.51. The zero-order valence-corrected chi connectivity index (χ0v) is 14.7. The zero-order chi connectivity index (χ0) is 18.6. The van der Waals surface area contributed by atoms with Gasteiger partial charge in [-0.2, -0.15) is 0 Å². The number of aromatic nitrogens is 2. The first-order chi connectivity index (χ1) is 13.1. The molecule has 5 rings (SSSR count). The van der Waals surface area contributed by atoms with Crippen molar-refractivity contribution in [3.63, 3.8) is 0 Å². The van der Waals surface area contributed by atoms with Crippen LogP contribution in [0.1, 0.15) is 11.3 Å². The Balaban J connectivity index is 1.38. The smallest absolute Gasteiger partial charge is 0.235 e. The van der Waals surface area contributed by atoms with Crippen molar-refractivity contribution < 1.29 is 18.8 Å². The highest BCUT2D eigenvalue weighted by molar-refractivity contribution is 6.02. The molecule has 8 heteroatoms. The molecule has 2 amide bonds. The summed E-state index contributed by atoms with van der Waals surface area (Å²) in [6.07, 6.45) is 6.78. The van der Waals surface area contributed by atoms with Crippen LogP contribution in [0.5, 0.6) is 0 Å². The van der Waals surface area contributed by atoms with Crippen LogP contribution >= 0.6 is 0 Å². The minimum Gasteiger partial charge on any atom is -0.360 e. The molecule has 2 saturated heterocycles. The van der Waals surface area contributed by atoms with Gasteiger partial charge in [-0.3, -0.25) is 19.5 Å². The van der Waals surface area contributed by atoms with Crippen LogP contribution in [-0.2, 0) is 20.9 Å². The molecule has 0 aliphatic carbocycles. The lowest BCUT2D eigenvalue weighted by molar-refractivity contribution is -0.132. The van der Waals surface area contributed by atoms with E-state index in [9.17, 15) is 9.59 Å². The average Bonchev–Trinajstić information content (AvgIpc) is 3.42. The van der Waals surface area contributed by atoms with E-state index in [0.29, 0.717) is 24.7 Å². The van der Waals surface area contributed by atoms with Crippen molar-refractivity contribution >= 4 is 17.6 Å². The minimum atomic E-state index is -0.771. The molecular weight excluding hydrogens is 348 g/mol. The molecule has 0 aromatic carbocycles. The largest absolute Gasteiger partial charge is 0.360 e. The number of carbonyl (C=O) groups excluding carboxylic acids is 2. The summed E-state index contributed by atoms with van der Waals surface area (Å²) < 4.78 is 11.2. The molecule has 138 valence electrons. The Kier molecular flexibility index (Phi) is 3.45. The first-order valence-corrected chi connectivity index (χ1v) is 8.86. The van der Waals surface area contributed by atoms with Gasteiger partial charge in [-0.05, 0) is 24.6 Å². The van der Waals surface area contributed by atoms with Crippen molar-refractivity contribution in [1.82, 2.24) is 15.5 Å². The second-order valence-electron chi connectivity index (χ2n) is 7.19. The molecule has 4 atom stereocenters. The standard InChI is InChI=1S/C19H18N4O4/c1-11-8-14(22-27-11)23-10-19-5-2-13(26-19)15(16(19)18(23)25)17(24)21-9-12-3-6-20-7-4-12/h2-8,13,15-16H,9-10H2,1H3,(H,21,24)/t13?,15?,16?,19-/m0/s1. The Hall–Kier alpha value is -3.00. The maximum Gasteiger partial charge on any atom is 0.235 e. The predicted octanol–water partition coefficient (Wildman–Crippen LogP) is 0.981. The summed E-state index contributed by atoms with van der Waals surface area (Å²) in [5, 5.41) is 6.87. The third kappa shape index (κ3) is 2.40. The van der Waals surface area contributed by atoms with Crippen molar-refractivity contribution in [1.29, 1.82) is 0 Å². The number of nitrogens with one attached hydrogen (secondary N) is 1. The van der Waals surface area contributed by atoms with Crippen LogP contribution in [-0.4, -0.2) is 40.2 Å². The van der Waals surface area contributed by atoms with E-state index in [2.05, 4.69) is 15.5 Å². The lowest BCUT2D eigenvalue weighted by Crippen LogP contribution is -2.44. The molecule has 2 fully saturated rings. The second-order valence-corrected chi connectivity index (χ2v) is 7.19. The van der Waals surface area contributed by atoms with Crippen molar-refractivity contribution in [2.45, 2.75) is 25.2 Å². The SMILES string of the molecule is Cc1cc(N2C[C@]34C=CC(O3)C(C(=O)NCc3ccncc3)C4C2=O)no1. The molecule has 0 saturated carbocycles. The number of rotatable bonds is 4. The highest BCUT2D eigenvalue weighted by atomic mass is 16.5. The topological polar surface area (TPSA) is 97.6 Å². The van der Waals surface area contributed by atoms with E-state index in [4.69, 9.17) is 9.26 Å². The first kappa shape index (κ1) is 16.2. The lowest BCUT2D eigenvalue weighted by atomic mass is 9.77. The van der Waals surface area contributed by atoms with Gasteiger partial charge < -0.3 is 14.6 Å². The summed E-state index contributed by atoms with van der Waals surface area (Å²) in [5.74, 6) is -0.361. The number of pyridine rings is 1. The Morgan fingerprint density at radius 2 is 2.22 bits per heavy atom. The molecule has 3 aliphatic heterocycles. The van der Waals surface area contributed by atoms with Gasteiger partial charge in [-0.15, -0.1) is 0 Å². The Morgan fingerprint density at radius 3 is 2.96 bits per heavy atom. The number of fused-ring (bicyclic) bond motifs is 1. The number of carbonyl (C=O) groups is 2. The molecule has 8 nitrogen and oxygen atoms in total. The van der Waals surface area contributed by atoms with Crippen LogP contribution in [0.4, 0.5) is 5.82 Å². The van der Waals surface area contributed by atoms with Gasteiger partial charge in [0.2, 0.25) is 11.8 Å². The van der Waals surface area contributed by atoms with Gasteiger partial charge in [-0.25, -0.2) is 0 Å². The molecule has 27 heavy (non-hydrogen) atoms. The van der Waals surface area contributed by atoms with Gasteiger partial charge in [-0.1, -0.05) is 17.3 Å². The Bertz CT molecular complexity index is 940. The maximum atomic E-state index is 13.1. The molecule has 0 radical (unpaired) electrons. The quantitative estimate of drug-likeness (QED) is 0.810. The number of anilines is 1.